The Morgan fingerprint density at radius 1 is 1.26 bits per heavy atom. The molecular weight excluding hydrogens is 293 g/mol. The molecule has 1 aliphatic heterocycles. The van der Waals surface area contributed by atoms with Gasteiger partial charge in [-0.3, -0.25) is 0 Å². The van der Waals surface area contributed by atoms with Crippen molar-refractivity contribution < 1.29 is 4.39 Å². The average molecular weight is 309 g/mol. The van der Waals surface area contributed by atoms with E-state index in [9.17, 15) is 4.39 Å². The Balaban J connectivity index is 2.41. The van der Waals surface area contributed by atoms with Gasteiger partial charge in [-0.25, -0.2) is 4.39 Å². The van der Waals surface area contributed by atoms with E-state index in [1.54, 1.807) is 24.3 Å². The number of hydrogen-bond donors (Lipinski definition) is 1. The zero-order chi connectivity index (χ0) is 16.8. The van der Waals surface area contributed by atoms with E-state index < -0.39 is 5.82 Å². The summed E-state index contributed by atoms with van der Waals surface area (Å²) in [6, 6.07) is 9.43. The minimum atomic E-state index is -0.450. The van der Waals surface area contributed by atoms with Crippen LogP contribution >= 0.6 is 0 Å². The first kappa shape index (κ1) is 16.3. The summed E-state index contributed by atoms with van der Waals surface area (Å²) in [7, 11) is 0. The Bertz CT molecular complexity index is 732. The van der Waals surface area contributed by atoms with Crippen LogP contribution in [0.4, 0.5) is 15.8 Å². The number of hydrogen-bond acceptors (Lipinski definition) is 5. The number of nitriles is 3. The van der Waals surface area contributed by atoms with Gasteiger partial charge in [0.15, 0.2) is 5.57 Å². The van der Waals surface area contributed by atoms with Crippen molar-refractivity contribution in [2.75, 3.05) is 23.3 Å². The molecule has 1 saturated heterocycles. The normalized spacial score (nSPS) is 16.7. The van der Waals surface area contributed by atoms with Gasteiger partial charge in [-0.2, -0.15) is 15.8 Å². The summed E-state index contributed by atoms with van der Waals surface area (Å²) in [4.78, 5) is 2.13. The molecule has 6 heteroatoms. The first-order valence-electron chi connectivity index (χ1n) is 7.35. The SMILES string of the molecule is CC1CCCN(c2ccc(F)cc2NC(C#N)=C(C#N)C#N)C1. The highest BCUT2D eigenvalue weighted by Crippen LogP contribution is 2.31. The van der Waals surface area contributed by atoms with Crippen LogP contribution in [-0.2, 0) is 0 Å². The lowest BCUT2D eigenvalue weighted by molar-refractivity contribution is 0.447. The minimum Gasteiger partial charge on any atom is -0.370 e. The first-order valence-corrected chi connectivity index (χ1v) is 7.35. The maximum Gasteiger partial charge on any atom is 0.163 e. The lowest BCUT2D eigenvalue weighted by Crippen LogP contribution is -2.34. The highest BCUT2D eigenvalue weighted by Gasteiger charge is 2.20. The van der Waals surface area contributed by atoms with Crippen LogP contribution in [-0.4, -0.2) is 13.1 Å². The lowest BCUT2D eigenvalue weighted by atomic mass is 9.99. The molecule has 1 aromatic rings. The van der Waals surface area contributed by atoms with Gasteiger partial charge in [0.05, 0.1) is 11.4 Å². The third-order valence-electron chi connectivity index (χ3n) is 3.80. The van der Waals surface area contributed by atoms with Crippen molar-refractivity contribution in [2.24, 2.45) is 5.92 Å². The van der Waals surface area contributed by atoms with E-state index in [0.717, 1.165) is 31.6 Å². The summed E-state index contributed by atoms with van der Waals surface area (Å²) in [6.07, 6.45) is 2.19. The molecule has 1 aromatic carbocycles. The van der Waals surface area contributed by atoms with E-state index in [0.29, 0.717) is 11.6 Å². The fourth-order valence-corrected chi connectivity index (χ4v) is 2.71. The molecule has 0 aromatic heterocycles. The van der Waals surface area contributed by atoms with Gasteiger partial charge in [0.2, 0.25) is 0 Å². The highest BCUT2D eigenvalue weighted by atomic mass is 19.1. The number of anilines is 2. The van der Waals surface area contributed by atoms with Gasteiger partial charge in [0.25, 0.3) is 0 Å². The Labute approximate surface area is 134 Å². The Morgan fingerprint density at radius 2 is 2.00 bits per heavy atom. The second-order valence-electron chi connectivity index (χ2n) is 5.57. The van der Waals surface area contributed by atoms with Crippen LogP contribution in [0.3, 0.4) is 0 Å². The molecule has 0 spiro atoms. The van der Waals surface area contributed by atoms with Gasteiger partial charge in [-0.05, 0) is 37.0 Å². The van der Waals surface area contributed by atoms with E-state index in [1.165, 1.54) is 12.1 Å². The van der Waals surface area contributed by atoms with Crippen LogP contribution in [0, 0.1) is 45.7 Å². The van der Waals surface area contributed by atoms with Crippen LogP contribution < -0.4 is 10.2 Å². The van der Waals surface area contributed by atoms with Gasteiger partial charge < -0.3 is 10.2 Å². The summed E-state index contributed by atoms with van der Waals surface area (Å²) in [5.41, 5.74) is 0.654. The molecule has 1 heterocycles. The number of allylic oxidation sites excluding steroid dienone is 2. The largest absolute Gasteiger partial charge is 0.370 e. The fourth-order valence-electron chi connectivity index (χ4n) is 2.71. The predicted molar refractivity (Wildman–Crippen MR) is 84.5 cm³/mol. The molecule has 5 nitrogen and oxygen atoms in total. The summed E-state index contributed by atoms with van der Waals surface area (Å²) in [6.45, 7) is 3.85. The van der Waals surface area contributed by atoms with E-state index in [1.807, 2.05) is 0 Å². The molecule has 1 unspecified atom stereocenters. The van der Waals surface area contributed by atoms with Crippen LogP contribution in [0.1, 0.15) is 19.8 Å². The van der Waals surface area contributed by atoms with Crippen molar-refractivity contribution in [1.82, 2.24) is 0 Å². The second kappa shape index (κ2) is 7.29. The van der Waals surface area contributed by atoms with Crippen molar-refractivity contribution in [2.45, 2.75) is 19.8 Å². The number of benzene rings is 1. The van der Waals surface area contributed by atoms with Gasteiger partial charge in [-0.15, -0.1) is 0 Å². The molecule has 23 heavy (non-hydrogen) atoms. The predicted octanol–water partition coefficient (Wildman–Crippen LogP) is 3.30. The third kappa shape index (κ3) is 3.78. The molecular formula is C17H16FN5. The van der Waals surface area contributed by atoms with Crippen molar-refractivity contribution in [3.63, 3.8) is 0 Å². The standard InChI is InChI=1S/C17H16FN5/c1-12-3-2-6-23(11-12)17-5-4-14(18)7-15(17)22-16(10-21)13(8-19)9-20/h4-5,7,12,22H,2-3,6,11H2,1H3. The van der Waals surface area contributed by atoms with E-state index in [-0.39, 0.29) is 11.3 Å². The molecule has 116 valence electrons. The summed E-state index contributed by atoms with van der Waals surface area (Å²) in [5, 5.41) is 29.7. The number of nitrogens with zero attached hydrogens (tertiary/aromatic N) is 4. The minimum absolute atomic E-state index is 0.174. The van der Waals surface area contributed by atoms with Crippen molar-refractivity contribution in [1.29, 1.82) is 15.8 Å². The Hall–Kier alpha value is -3.04. The molecule has 2 rings (SSSR count). The number of halogens is 1. The van der Waals surface area contributed by atoms with Crippen molar-refractivity contribution >= 4 is 11.4 Å². The third-order valence-corrected chi connectivity index (χ3v) is 3.80. The monoisotopic (exact) mass is 309 g/mol. The molecule has 0 aliphatic carbocycles. The van der Waals surface area contributed by atoms with Gasteiger partial charge in [0.1, 0.15) is 29.7 Å². The van der Waals surface area contributed by atoms with Gasteiger partial charge >= 0.3 is 0 Å². The molecule has 1 aliphatic rings. The number of rotatable bonds is 3. The van der Waals surface area contributed by atoms with Crippen molar-refractivity contribution in [3.8, 4) is 18.2 Å². The van der Waals surface area contributed by atoms with E-state index in [2.05, 4.69) is 17.1 Å². The quantitative estimate of drug-likeness (QED) is 0.866. The Morgan fingerprint density at radius 3 is 2.61 bits per heavy atom. The van der Waals surface area contributed by atoms with Crippen molar-refractivity contribution in [3.05, 3.63) is 35.3 Å². The molecule has 0 bridgehead atoms. The lowest BCUT2D eigenvalue weighted by Gasteiger charge is -2.34. The second-order valence-corrected chi connectivity index (χ2v) is 5.57. The fraction of sp³-hybridized carbons (Fsp3) is 0.353. The average Bonchev–Trinajstić information content (AvgIpc) is 2.55. The van der Waals surface area contributed by atoms with Gasteiger partial charge in [-0.1, -0.05) is 6.92 Å². The first-order chi connectivity index (χ1) is 11.1. The summed E-state index contributed by atoms with van der Waals surface area (Å²) < 4.78 is 13.6. The maximum atomic E-state index is 13.6. The van der Waals surface area contributed by atoms with Crippen LogP contribution in [0.2, 0.25) is 0 Å². The van der Waals surface area contributed by atoms with Crippen LogP contribution in [0.5, 0.6) is 0 Å². The zero-order valence-corrected chi connectivity index (χ0v) is 12.8. The maximum absolute atomic E-state index is 13.6. The summed E-state index contributed by atoms with van der Waals surface area (Å²) >= 11 is 0. The molecule has 0 radical (unpaired) electrons. The van der Waals surface area contributed by atoms with E-state index in [4.69, 9.17) is 15.8 Å². The van der Waals surface area contributed by atoms with Crippen LogP contribution in [0.25, 0.3) is 0 Å². The van der Waals surface area contributed by atoms with Gasteiger partial charge in [0, 0.05) is 13.1 Å². The molecule has 1 atom stereocenters. The van der Waals surface area contributed by atoms with Crippen LogP contribution in [0.15, 0.2) is 29.5 Å². The van der Waals surface area contributed by atoms with E-state index >= 15 is 0 Å². The molecule has 0 saturated carbocycles. The number of piperidine rings is 1. The Kier molecular flexibility index (Phi) is 5.18. The smallest absolute Gasteiger partial charge is 0.163 e. The molecule has 1 fully saturated rings. The molecule has 1 N–H and O–H groups in total. The summed E-state index contributed by atoms with van der Waals surface area (Å²) in [5.74, 6) is 0.0791. The highest BCUT2D eigenvalue weighted by molar-refractivity contribution is 5.74. The molecule has 0 amide bonds. The zero-order valence-electron chi connectivity index (χ0n) is 12.8. The topological polar surface area (TPSA) is 86.6 Å². The number of nitrogens with one attached hydrogen (secondary N) is 1.